The molecule has 3 heterocycles. The largest absolute Gasteiger partial charge is 0.348 e. The van der Waals surface area contributed by atoms with Crippen LogP contribution in [0, 0.1) is 0 Å². The maximum Gasteiger partial charge on any atom is 0.266 e. The Balaban J connectivity index is 1.74. The standard InChI is InChI=1S/C20H22F2N6O/c1-19(2,3)18-23-16-15(17(24-18)27-10-9-20(21,22)12-27)25-28(26-16)11-14(29)13-7-5-4-6-8-13/h4-8H,9-12H2,1-3H3. The zero-order chi connectivity index (χ0) is 20.8. The summed E-state index contributed by atoms with van der Waals surface area (Å²) in [6.45, 7) is 5.53. The summed E-state index contributed by atoms with van der Waals surface area (Å²) in [7, 11) is 0. The molecule has 0 saturated carbocycles. The summed E-state index contributed by atoms with van der Waals surface area (Å²) in [5.74, 6) is -2.07. The van der Waals surface area contributed by atoms with E-state index in [-0.39, 0.29) is 25.3 Å². The molecule has 152 valence electrons. The number of fused-ring (bicyclic) bond motifs is 1. The number of nitrogens with zero attached hydrogens (tertiary/aromatic N) is 6. The van der Waals surface area contributed by atoms with Gasteiger partial charge in [-0.2, -0.15) is 4.80 Å². The highest BCUT2D eigenvalue weighted by Gasteiger charge is 2.40. The number of benzene rings is 1. The molecule has 1 aliphatic heterocycles. The number of halogens is 2. The lowest BCUT2D eigenvalue weighted by Gasteiger charge is -2.21. The van der Waals surface area contributed by atoms with Crippen molar-refractivity contribution in [2.75, 3.05) is 18.0 Å². The smallest absolute Gasteiger partial charge is 0.266 e. The summed E-state index contributed by atoms with van der Waals surface area (Å²) in [5, 5.41) is 8.71. The average Bonchev–Trinajstić information content (AvgIpc) is 3.22. The fraction of sp³-hybridized carbons (Fsp3) is 0.450. The monoisotopic (exact) mass is 400 g/mol. The van der Waals surface area contributed by atoms with Gasteiger partial charge < -0.3 is 4.90 Å². The molecular formula is C20H22F2N6O. The van der Waals surface area contributed by atoms with Gasteiger partial charge in [0.25, 0.3) is 5.92 Å². The molecule has 0 bridgehead atoms. The van der Waals surface area contributed by atoms with E-state index in [1.165, 1.54) is 9.70 Å². The first-order chi connectivity index (χ1) is 13.6. The van der Waals surface area contributed by atoms with Gasteiger partial charge in [-0.25, -0.2) is 18.7 Å². The van der Waals surface area contributed by atoms with Crippen molar-refractivity contribution >= 4 is 22.8 Å². The Labute approximate surface area is 166 Å². The Bertz CT molecular complexity index is 1060. The van der Waals surface area contributed by atoms with Gasteiger partial charge in [-0.3, -0.25) is 4.79 Å². The van der Waals surface area contributed by atoms with Crippen molar-refractivity contribution in [2.45, 2.75) is 45.1 Å². The normalized spacial score (nSPS) is 16.5. The molecule has 0 spiro atoms. The second-order valence-corrected chi connectivity index (χ2v) is 8.34. The summed E-state index contributed by atoms with van der Waals surface area (Å²) in [5.41, 5.74) is 0.789. The Hall–Kier alpha value is -2.97. The zero-order valence-corrected chi connectivity index (χ0v) is 16.6. The van der Waals surface area contributed by atoms with E-state index in [0.29, 0.717) is 28.4 Å². The van der Waals surface area contributed by atoms with Crippen molar-refractivity contribution in [3.63, 3.8) is 0 Å². The fourth-order valence-corrected chi connectivity index (χ4v) is 3.22. The maximum atomic E-state index is 13.8. The number of rotatable bonds is 4. The van der Waals surface area contributed by atoms with Crippen LogP contribution in [0.1, 0.15) is 43.4 Å². The van der Waals surface area contributed by atoms with E-state index < -0.39 is 17.9 Å². The van der Waals surface area contributed by atoms with Crippen molar-refractivity contribution in [3.8, 4) is 0 Å². The predicted molar refractivity (Wildman–Crippen MR) is 104 cm³/mol. The predicted octanol–water partition coefficient (Wildman–Crippen LogP) is 3.25. The molecule has 1 aliphatic rings. The fourth-order valence-electron chi connectivity index (χ4n) is 3.22. The summed E-state index contributed by atoms with van der Waals surface area (Å²) < 4.78 is 27.6. The van der Waals surface area contributed by atoms with E-state index in [4.69, 9.17) is 0 Å². The van der Waals surface area contributed by atoms with Crippen LogP contribution in [0.25, 0.3) is 11.2 Å². The van der Waals surface area contributed by atoms with Crippen LogP contribution in [0.2, 0.25) is 0 Å². The van der Waals surface area contributed by atoms with Crippen molar-refractivity contribution < 1.29 is 13.6 Å². The summed E-state index contributed by atoms with van der Waals surface area (Å²) in [6, 6.07) is 8.85. The third kappa shape index (κ3) is 3.94. The molecule has 3 aromatic rings. The van der Waals surface area contributed by atoms with Crippen LogP contribution in [0.15, 0.2) is 30.3 Å². The third-order valence-electron chi connectivity index (χ3n) is 4.79. The van der Waals surface area contributed by atoms with Crippen LogP contribution >= 0.6 is 0 Å². The lowest BCUT2D eigenvalue weighted by Crippen LogP contribution is -2.27. The minimum absolute atomic E-state index is 0.0686. The van der Waals surface area contributed by atoms with Gasteiger partial charge in [0.05, 0.1) is 6.54 Å². The second kappa shape index (κ2) is 6.82. The zero-order valence-electron chi connectivity index (χ0n) is 16.6. The van der Waals surface area contributed by atoms with Gasteiger partial charge in [-0.1, -0.05) is 51.1 Å². The number of hydrogen-bond acceptors (Lipinski definition) is 6. The molecule has 1 fully saturated rings. The van der Waals surface area contributed by atoms with Gasteiger partial charge in [0.1, 0.15) is 12.4 Å². The number of hydrogen-bond donors (Lipinski definition) is 0. The number of alkyl halides is 2. The van der Waals surface area contributed by atoms with Gasteiger partial charge in [-0.15, -0.1) is 10.2 Å². The highest BCUT2D eigenvalue weighted by atomic mass is 19.3. The van der Waals surface area contributed by atoms with Crippen LogP contribution in [-0.4, -0.2) is 49.8 Å². The molecule has 4 rings (SSSR count). The Kier molecular flexibility index (Phi) is 4.55. The van der Waals surface area contributed by atoms with Gasteiger partial charge in [0, 0.05) is 23.9 Å². The summed E-state index contributed by atoms with van der Waals surface area (Å²) in [4.78, 5) is 24.3. The molecule has 7 nitrogen and oxygen atoms in total. The van der Waals surface area contributed by atoms with E-state index in [1.54, 1.807) is 24.3 Å². The Morgan fingerprint density at radius 3 is 2.48 bits per heavy atom. The van der Waals surface area contributed by atoms with Gasteiger partial charge in [0.2, 0.25) is 5.65 Å². The Morgan fingerprint density at radius 1 is 1.14 bits per heavy atom. The summed E-state index contributed by atoms with van der Waals surface area (Å²) in [6.07, 6.45) is -0.232. The first-order valence-corrected chi connectivity index (χ1v) is 9.47. The SMILES string of the molecule is CC(C)(C)c1nc(N2CCC(F)(F)C2)c2nn(CC(=O)c3ccccc3)nc2n1. The lowest BCUT2D eigenvalue weighted by molar-refractivity contribution is 0.0257. The number of aromatic nitrogens is 5. The molecule has 0 aliphatic carbocycles. The highest BCUT2D eigenvalue weighted by molar-refractivity contribution is 5.95. The third-order valence-corrected chi connectivity index (χ3v) is 4.79. The van der Waals surface area contributed by atoms with Crippen molar-refractivity contribution in [2.24, 2.45) is 0 Å². The summed E-state index contributed by atoms with van der Waals surface area (Å²) >= 11 is 0. The first-order valence-electron chi connectivity index (χ1n) is 9.47. The van der Waals surface area contributed by atoms with Gasteiger partial charge in [0.15, 0.2) is 17.1 Å². The van der Waals surface area contributed by atoms with Crippen LogP contribution in [0.5, 0.6) is 0 Å². The molecule has 0 N–H and O–H groups in total. The molecule has 1 saturated heterocycles. The number of anilines is 1. The van der Waals surface area contributed by atoms with Crippen LogP contribution in [0.3, 0.4) is 0 Å². The number of carbonyl (C=O) groups excluding carboxylic acids is 1. The minimum Gasteiger partial charge on any atom is -0.348 e. The molecule has 0 radical (unpaired) electrons. The molecule has 9 heteroatoms. The van der Waals surface area contributed by atoms with Crippen LogP contribution in [0.4, 0.5) is 14.6 Å². The first kappa shape index (κ1) is 19.4. The molecule has 0 atom stereocenters. The number of carbonyl (C=O) groups is 1. The molecule has 2 aromatic heterocycles. The minimum atomic E-state index is -2.77. The van der Waals surface area contributed by atoms with Gasteiger partial charge in [-0.05, 0) is 0 Å². The molecule has 0 amide bonds. The van der Waals surface area contributed by atoms with Crippen molar-refractivity contribution in [1.29, 1.82) is 0 Å². The van der Waals surface area contributed by atoms with E-state index >= 15 is 0 Å². The van der Waals surface area contributed by atoms with Crippen molar-refractivity contribution in [3.05, 3.63) is 41.7 Å². The van der Waals surface area contributed by atoms with Gasteiger partial charge >= 0.3 is 0 Å². The Morgan fingerprint density at radius 2 is 1.86 bits per heavy atom. The van der Waals surface area contributed by atoms with E-state index in [1.807, 2.05) is 26.8 Å². The number of Topliss-reactive ketones (excluding diaryl/α,β-unsaturated/α-hetero) is 1. The topological polar surface area (TPSA) is 76.8 Å². The van der Waals surface area contributed by atoms with E-state index in [0.717, 1.165) is 0 Å². The van der Waals surface area contributed by atoms with Crippen LogP contribution in [-0.2, 0) is 12.0 Å². The molecule has 29 heavy (non-hydrogen) atoms. The second-order valence-electron chi connectivity index (χ2n) is 8.34. The van der Waals surface area contributed by atoms with Crippen LogP contribution < -0.4 is 4.90 Å². The molecule has 0 unspecified atom stereocenters. The lowest BCUT2D eigenvalue weighted by atomic mass is 9.96. The molecular weight excluding hydrogens is 378 g/mol. The average molecular weight is 400 g/mol. The highest BCUT2D eigenvalue weighted by Crippen LogP contribution is 2.33. The number of ketones is 1. The van der Waals surface area contributed by atoms with Crippen molar-refractivity contribution in [1.82, 2.24) is 25.0 Å². The van der Waals surface area contributed by atoms with E-state index in [2.05, 4.69) is 20.2 Å². The molecule has 1 aromatic carbocycles. The maximum absolute atomic E-state index is 13.8. The quantitative estimate of drug-likeness (QED) is 0.626. The van der Waals surface area contributed by atoms with E-state index in [9.17, 15) is 13.6 Å².